The number of alkyl halides is 4. The van der Waals surface area contributed by atoms with Crippen molar-refractivity contribution in [3.8, 4) is 0 Å². The molecule has 0 bridgehead atoms. The van der Waals surface area contributed by atoms with Crippen molar-refractivity contribution in [2.45, 2.75) is 31.4 Å². The molecule has 0 aliphatic carbocycles. The lowest BCUT2D eigenvalue weighted by Crippen LogP contribution is -2.46. The highest BCUT2D eigenvalue weighted by Gasteiger charge is 2.59. The van der Waals surface area contributed by atoms with Crippen LogP contribution in [0.5, 0.6) is 0 Å². The van der Waals surface area contributed by atoms with E-state index in [9.17, 15) is 17.6 Å². The summed E-state index contributed by atoms with van der Waals surface area (Å²) in [5.41, 5.74) is 0. The second kappa shape index (κ2) is 2.81. The predicted octanol–water partition coefficient (Wildman–Crippen LogP) is 2.04. The molecule has 0 amide bonds. The van der Waals surface area contributed by atoms with Gasteiger partial charge in [0.25, 0.3) is 11.8 Å². The van der Waals surface area contributed by atoms with Gasteiger partial charge in [-0.15, -0.1) is 0 Å². The first kappa shape index (κ1) is 10.7. The Labute approximate surface area is 72.8 Å². The van der Waals surface area contributed by atoms with Crippen molar-refractivity contribution in [3.05, 3.63) is 0 Å². The summed E-state index contributed by atoms with van der Waals surface area (Å²) in [6.07, 6.45) is 0. The molecule has 0 spiro atoms. The fourth-order valence-electron chi connectivity index (χ4n) is 0.936. The van der Waals surface area contributed by atoms with Crippen molar-refractivity contribution in [1.29, 1.82) is 0 Å². The van der Waals surface area contributed by atoms with E-state index < -0.39 is 30.8 Å². The van der Waals surface area contributed by atoms with Crippen LogP contribution in [0.25, 0.3) is 0 Å². The highest BCUT2D eigenvalue weighted by Crippen LogP contribution is 2.42. The van der Waals surface area contributed by atoms with Gasteiger partial charge in [-0.2, -0.15) is 0 Å². The molecule has 78 valence electrons. The molecule has 1 aliphatic rings. The smallest absolute Gasteiger partial charge is 0.297 e. The SMILES string of the molecule is CC(F)(F)C1(C)OCC(F)(CF)O1. The number of hydrogen-bond donors (Lipinski definition) is 0. The van der Waals surface area contributed by atoms with Gasteiger partial charge in [-0.1, -0.05) is 0 Å². The molecule has 0 radical (unpaired) electrons. The number of rotatable bonds is 2. The fraction of sp³-hybridized carbons (Fsp3) is 1.00. The molecule has 0 aromatic carbocycles. The normalized spacial score (nSPS) is 41.1. The molecule has 1 rings (SSSR count). The van der Waals surface area contributed by atoms with Gasteiger partial charge >= 0.3 is 0 Å². The maximum absolute atomic E-state index is 13.0. The lowest BCUT2D eigenvalue weighted by molar-refractivity contribution is -0.303. The standard InChI is InChI=1S/C7H10F4O2/c1-5(9,10)6(2)12-4-7(11,3-8)13-6/h3-4H2,1-2H3. The van der Waals surface area contributed by atoms with Crippen LogP contribution in [0.1, 0.15) is 13.8 Å². The Morgan fingerprint density at radius 2 is 2.00 bits per heavy atom. The zero-order valence-corrected chi connectivity index (χ0v) is 7.24. The van der Waals surface area contributed by atoms with E-state index >= 15 is 0 Å². The molecule has 1 aliphatic heterocycles. The minimum atomic E-state index is -3.38. The van der Waals surface area contributed by atoms with Crippen molar-refractivity contribution in [1.82, 2.24) is 0 Å². The van der Waals surface area contributed by atoms with Gasteiger partial charge < -0.3 is 9.47 Å². The maximum atomic E-state index is 13.0. The molecule has 1 heterocycles. The van der Waals surface area contributed by atoms with Gasteiger partial charge in [-0.25, -0.2) is 17.6 Å². The second-order valence-electron chi connectivity index (χ2n) is 3.24. The van der Waals surface area contributed by atoms with Gasteiger partial charge in [0, 0.05) is 6.92 Å². The van der Waals surface area contributed by atoms with Crippen molar-refractivity contribution in [2.24, 2.45) is 0 Å². The van der Waals surface area contributed by atoms with E-state index in [1.54, 1.807) is 0 Å². The molecular formula is C7H10F4O2. The summed E-state index contributed by atoms with van der Waals surface area (Å²) in [5.74, 6) is -8.50. The Bertz CT molecular complexity index is 205. The van der Waals surface area contributed by atoms with Crippen molar-refractivity contribution in [2.75, 3.05) is 13.3 Å². The maximum Gasteiger partial charge on any atom is 0.297 e. The van der Waals surface area contributed by atoms with E-state index in [1.165, 1.54) is 0 Å². The Morgan fingerprint density at radius 3 is 2.23 bits per heavy atom. The molecule has 0 aromatic heterocycles. The van der Waals surface area contributed by atoms with Crippen LogP contribution in [0.4, 0.5) is 17.6 Å². The molecule has 1 fully saturated rings. The monoisotopic (exact) mass is 202 g/mol. The molecule has 13 heavy (non-hydrogen) atoms. The van der Waals surface area contributed by atoms with E-state index in [0.29, 0.717) is 6.92 Å². The molecule has 0 saturated carbocycles. The zero-order valence-electron chi connectivity index (χ0n) is 7.24. The zero-order chi connectivity index (χ0) is 10.3. The average Bonchev–Trinajstić information content (AvgIpc) is 2.29. The second-order valence-corrected chi connectivity index (χ2v) is 3.24. The fourth-order valence-corrected chi connectivity index (χ4v) is 0.936. The quantitative estimate of drug-likeness (QED) is 0.638. The molecule has 0 N–H and O–H groups in total. The third-order valence-corrected chi connectivity index (χ3v) is 1.94. The van der Waals surface area contributed by atoms with E-state index in [-0.39, 0.29) is 0 Å². The van der Waals surface area contributed by atoms with E-state index in [2.05, 4.69) is 9.47 Å². The number of halogens is 4. The number of hydrogen-bond acceptors (Lipinski definition) is 2. The molecular weight excluding hydrogens is 192 g/mol. The van der Waals surface area contributed by atoms with Gasteiger partial charge in [0.1, 0.15) is 6.61 Å². The predicted molar refractivity (Wildman–Crippen MR) is 35.9 cm³/mol. The lowest BCUT2D eigenvalue weighted by atomic mass is 10.2. The Morgan fingerprint density at radius 1 is 1.46 bits per heavy atom. The van der Waals surface area contributed by atoms with Crippen molar-refractivity contribution >= 4 is 0 Å². The van der Waals surface area contributed by atoms with E-state index in [4.69, 9.17) is 0 Å². The highest BCUT2D eigenvalue weighted by molar-refractivity contribution is 4.88. The summed E-state index contributed by atoms with van der Waals surface area (Å²) in [6.45, 7) is -0.914. The first-order chi connectivity index (χ1) is 5.72. The molecule has 2 unspecified atom stereocenters. The third kappa shape index (κ3) is 1.78. The number of ether oxygens (including phenoxy) is 2. The summed E-state index contributed by atoms with van der Waals surface area (Å²) in [4.78, 5) is 0. The average molecular weight is 202 g/mol. The van der Waals surface area contributed by atoms with Gasteiger partial charge in [0.05, 0.1) is 0 Å². The van der Waals surface area contributed by atoms with Crippen molar-refractivity contribution in [3.63, 3.8) is 0 Å². The largest absolute Gasteiger partial charge is 0.339 e. The van der Waals surface area contributed by atoms with Crippen LogP contribution in [0, 0.1) is 0 Å². The van der Waals surface area contributed by atoms with Crippen LogP contribution in [0.3, 0.4) is 0 Å². The Hall–Kier alpha value is -0.360. The summed E-state index contributed by atoms with van der Waals surface area (Å²) in [7, 11) is 0. The van der Waals surface area contributed by atoms with Crippen LogP contribution in [0.2, 0.25) is 0 Å². The van der Waals surface area contributed by atoms with E-state index in [0.717, 1.165) is 6.92 Å². The summed E-state index contributed by atoms with van der Waals surface area (Å²) in [6, 6.07) is 0. The summed E-state index contributed by atoms with van der Waals surface area (Å²) in [5, 5.41) is 0. The van der Waals surface area contributed by atoms with Crippen LogP contribution in [-0.2, 0) is 9.47 Å². The summed E-state index contributed by atoms with van der Waals surface area (Å²) < 4.78 is 59.2. The first-order valence-corrected chi connectivity index (χ1v) is 3.69. The minimum Gasteiger partial charge on any atom is -0.339 e. The molecule has 2 atom stereocenters. The third-order valence-electron chi connectivity index (χ3n) is 1.94. The highest BCUT2D eigenvalue weighted by atomic mass is 19.3. The van der Waals surface area contributed by atoms with Gasteiger partial charge in [0.15, 0.2) is 6.67 Å². The van der Waals surface area contributed by atoms with Crippen LogP contribution in [0.15, 0.2) is 0 Å². The van der Waals surface area contributed by atoms with E-state index in [1.807, 2.05) is 0 Å². The first-order valence-electron chi connectivity index (χ1n) is 3.69. The molecule has 6 heteroatoms. The Balaban J connectivity index is 2.78. The topological polar surface area (TPSA) is 18.5 Å². The van der Waals surface area contributed by atoms with Crippen LogP contribution < -0.4 is 0 Å². The lowest BCUT2D eigenvalue weighted by Gasteiger charge is -2.29. The minimum absolute atomic E-state index is 0.525. The van der Waals surface area contributed by atoms with Crippen molar-refractivity contribution < 1.29 is 27.0 Å². The van der Waals surface area contributed by atoms with Gasteiger partial charge in [-0.3, -0.25) is 0 Å². The van der Waals surface area contributed by atoms with Gasteiger partial charge in [0.2, 0.25) is 5.79 Å². The van der Waals surface area contributed by atoms with Crippen LogP contribution >= 0.6 is 0 Å². The molecule has 2 nitrogen and oxygen atoms in total. The molecule has 0 aromatic rings. The van der Waals surface area contributed by atoms with Crippen LogP contribution in [-0.4, -0.2) is 30.8 Å². The Kier molecular flexibility index (Phi) is 2.32. The summed E-state index contributed by atoms with van der Waals surface area (Å²) >= 11 is 0. The molecule has 1 saturated heterocycles. The van der Waals surface area contributed by atoms with Gasteiger partial charge in [-0.05, 0) is 6.92 Å².